The van der Waals surface area contributed by atoms with Crippen LogP contribution in [0.1, 0.15) is 0 Å². The van der Waals surface area contributed by atoms with Gasteiger partial charge in [-0.1, -0.05) is 109 Å². The summed E-state index contributed by atoms with van der Waals surface area (Å²) in [4.78, 5) is 13.8. The quantitative estimate of drug-likeness (QED) is 0.189. The SMILES string of the molecule is O=c1c2ccccc2c2cccc3c4cc(-c5cccc(-n6c7ccccc7c7cc(-c8ccccc8)ccc76)c5)ccc4n1c23. The first kappa shape index (κ1) is 25.2. The third kappa shape index (κ3) is 3.45. The van der Waals surface area contributed by atoms with Gasteiger partial charge in [-0.15, -0.1) is 0 Å². The Morgan fingerprint density at radius 1 is 0.348 bits per heavy atom. The van der Waals surface area contributed by atoms with E-state index in [1.807, 2.05) is 22.6 Å². The number of nitrogens with zero attached hydrogens (tertiary/aromatic N) is 2. The molecule has 0 atom stereocenters. The fourth-order valence-electron chi connectivity index (χ4n) is 7.59. The average molecular weight is 587 g/mol. The molecule has 0 bridgehead atoms. The van der Waals surface area contributed by atoms with Crippen molar-refractivity contribution < 1.29 is 0 Å². The summed E-state index contributed by atoms with van der Waals surface area (Å²) < 4.78 is 4.28. The molecule has 0 aliphatic heterocycles. The lowest BCUT2D eigenvalue weighted by Gasteiger charge is -2.11. The van der Waals surface area contributed by atoms with E-state index in [0.717, 1.165) is 54.8 Å². The highest BCUT2D eigenvalue weighted by Gasteiger charge is 2.18. The fraction of sp³-hybridized carbons (Fsp3) is 0. The van der Waals surface area contributed by atoms with E-state index in [9.17, 15) is 4.79 Å². The molecule has 0 saturated heterocycles. The second kappa shape index (κ2) is 9.40. The van der Waals surface area contributed by atoms with Gasteiger partial charge in [0.1, 0.15) is 0 Å². The molecular weight excluding hydrogens is 560 g/mol. The van der Waals surface area contributed by atoms with E-state index in [0.29, 0.717) is 0 Å². The Labute approximate surface area is 264 Å². The number of aromatic nitrogens is 2. The summed E-state index contributed by atoms with van der Waals surface area (Å²) in [6.45, 7) is 0. The highest BCUT2D eigenvalue weighted by molar-refractivity contribution is 6.20. The van der Waals surface area contributed by atoms with Crippen LogP contribution in [0.3, 0.4) is 0 Å². The van der Waals surface area contributed by atoms with Crippen molar-refractivity contribution in [2.45, 2.75) is 0 Å². The van der Waals surface area contributed by atoms with Crippen LogP contribution in [0, 0.1) is 0 Å². The van der Waals surface area contributed by atoms with Gasteiger partial charge >= 0.3 is 0 Å². The van der Waals surface area contributed by atoms with Crippen LogP contribution in [0.5, 0.6) is 0 Å². The van der Waals surface area contributed by atoms with Gasteiger partial charge in [0, 0.05) is 38.0 Å². The number of rotatable bonds is 3. The summed E-state index contributed by atoms with van der Waals surface area (Å²) in [5.74, 6) is 0. The fourth-order valence-corrected chi connectivity index (χ4v) is 7.59. The van der Waals surface area contributed by atoms with Crippen molar-refractivity contribution in [2.75, 3.05) is 0 Å². The van der Waals surface area contributed by atoms with Crippen LogP contribution in [-0.4, -0.2) is 8.97 Å². The third-order valence-electron chi connectivity index (χ3n) is 9.66. The topological polar surface area (TPSA) is 26.4 Å². The minimum absolute atomic E-state index is 0.0332. The van der Waals surface area contributed by atoms with Crippen LogP contribution >= 0.6 is 0 Å². The Balaban J connectivity index is 1.18. The van der Waals surface area contributed by atoms with E-state index in [1.165, 1.54) is 32.9 Å². The Kier molecular flexibility index (Phi) is 5.15. The van der Waals surface area contributed by atoms with Gasteiger partial charge in [0.05, 0.1) is 22.1 Å². The summed E-state index contributed by atoms with van der Waals surface area (Å²) in [5, 5.41) is 7.53. The molecule has 0 fully saturated rings. The summed E-state index contributed by atoms with van der Waals surface area (Å²) >= 11 is 0. The lowest BCUT2D eigenvalue weighted by atomic mass is 10.0. The molecule has 0 aliphatic carbocycles. The van der Waals surface area contributed by atoms with Gasteiger partial charge in [-0.3, -0.25) is 9.20 Å². The predicted molar refractivity (Wildman–Crippen MR) is 193 cm³/mol. The van der Waals surface area contributed by atoms with Gasteiger partial charge in [-0.2, -0.15) is 0 Å². The maximum absolute atomic E-state index is 13.8. The minimum Gasteiger partial charge on any atom is -0.309 e. The molecule has 3 aromatic heterocycles. The number of para-hydroxylation sites is 2. The molecule has 46 heavy (non-hydrogen) atoms. The zero-order valence-electron chi connectivity index (χ0n) is 24.8. The first-order valence-corrected chi connectivity index (χ1v) is 15.7. The van der Waals surface area contributed by atoms with E-state index in [-0.39, 0.29) is 5.56 Å². The van der Waals surface area contributed by atoms with Gasteiger partial charge in [-0.25, -0.2) is 0 Å². The molecule has 10 aromatic rings. The molecule has 0 amide bonds. The number of hydrogen-bond acceptors (Lipinski definition) is 1. The summed E-state index contributed by atoms with van der Waals surface area (Å²) in [6, 6.07) is 55.6. The van der Waals surface area contributed by atoms with Gasteiger partial charge in [0.15, 0.2) is 0 Å². The molecule has 0 N–H and O–H groups in total. The predicted octanol–water partition coefficient (Wildman–Crippen LogP) is 10.6. The molecule has 10 rings (SSSR count). The van der Waals surface area contributed by atoms with E-state index >= 15 is 0 Å². The molecule has 214 valence electrons. The molecule has 3 nitrogen and oxygen atoms in total. The summed E-state index contributed by atoms with van der Waals surface area (Å²) in [7, 11) is 0. The lowest BCUT2D eigenvalue weighted by molar-refractivity contribution is 1.18. The van der Waals surface area contributed by atoms with Gasteiger partial charge in [0.25, 0.3) is 5.56 Å². The van der Waals surface area contributed by atoms with Gasteiger partial charge < -0.3 is 4.57 Å². The smallest absolute Gasteiger partial charge is 0.263 e. The third-order valence-corrected chi connectivity index (χ3v) is 9.66. The van der Waals surface area contributed by atoms with Gasteiger partial charge in [0.2, 0.25) is 0 Å². The van der Waals surface area contributed by atoms with Crippen molar-refractivity contribution in [3.05, 3.63) is 168 Å². The molecule has 3 heterocycles. The van der Waals surface area contributed by atoms with Crippen molar-refractivity contribution in [1.82, 2.24) is 8.97 Å². The standard InChI is InChI=1S/C43H26N2O/c46-43-36-16-5-4-14-32(36)34-17-9-18-35-38-26-30(21-23-41(38)45(43)42(34)35)28-12-8-13-31(24-28)44-39-19-7-6-15-33(39)37-25-29(20-22-40(37)44)27-10-2-1-3-11-27/h1-26H. The number of hydrogen-bond donors (Lipinski definition) is 0. The molecule has 3 heteroatoms. The maximum atomic E-state index is 13.8. The van der Waals surface area contributed by atoms with Crippen molar-refractivity contribution >= 4 is 59.8 Å². The zero-order valence-corrected chi connectivity index (χ0v) is 24.8. The van der Waals surface area contributed by atoms with Crippen molar-refractivity contribution in [3.63, 3.8) is 0 Å². The van der Waals surface area contributed by atoms with E-state index in [4.69, 9.17) is 0 Å². The van der Waals surface area contributed by atoms with Gasteiger partial charge in [-0.05, 0) is 76.2 Å². The zero-order chi connectivity index (χ0) is 30.4. The Hall–Kier alpha value is -6.19. The highest BCUT2D eigenvalue weighted by atomic mass is 16.1. The number of benzene rings is 7. The highest BCUT2D eigenvalue weighted by Crippen LogP contribution is 2.38. The molecule has 0 aliphatic rings. The minimum atomic E-state index is 0.0332. The van der Waals surface area contributed by atoms with E-state index in [2.05, 4.69) is 144 Å². The first-order chi connectivity index (χ1) is 22.7. The van der Waals surface area contributed by atoms with Crippen LogP contribution < -0.4 is 5.56 Å². The largest absolute Gasteiger partial charge is 0.309 e. The van der Waals surface area contributed by atoms with E-state index < -0.39 is 0 Å². The summed E-state index contributed by atoms with van der Waals surface area (Å²) in [5.41, 5.74) is 10.1. The summed E-state index contributed by atoms with van der Waals surface area (Å²) in [6.07, 6.45) is 0. The van der Waals surface area contributed by atoms with Crippen LogP contribution in [0.25, 0.3) is 87.7 Å². The molecule has 0 unspecified atom stereocenters. The van der Waals surface area contributed by atoms with E-state index in [1.54, 1.807) is 0 Å². The Morgan fingerprint density at radius 2 is 0.891 bits per heavy atom. The van der Waals surface area contributed by atoms with Crippen molar-refractivity contribution in [3.8, 4) is 27.9 Å². The number of pyridine rings is 1. The van der Waals surface area contributed by atoms with Crippen LogP contribution in [0.4, 0.5) is 0 Å². The Morgan fingerprint density at radius 3 is 1.72 bits per heavy atom. The monoisotopic (exact) mass is 586 g/mol. The Bertz CT molecular complexity index is 2880. The second-order valence-corrected chi connectivity index (χ2v) is 12.1. The maximum Gasteiger partial charge on any atom is 0.263 e. The number of fused-ring (bicyclic) bond motifs is 8. The van der Waals surface area contributed by atoms with Crippen LogP contribution in [0.15, 0.2) is 163 Å². The van der Waals surface area contributed by atoms with Crippen LogP contribution in [-0.2, 0) is 0 Å². The first-order valence-electron chi connectivity index (χ1n) is 15.7. The molecule has 0 spiro atoms. The van der Waals surface area contributed by atoms with Crippen LogP contribution in [0.2, 0.25) is 0 Å². The lowest BCUT2D eigenvalue weighted by Crippen LogP contribution is -2.12. The molecule has 7 aromatic carbocycles. The average Bonchev–Trinajstić information content (AvgIpc) is 3.64. The molecule has 0 saturated carbocycles. The normalized spacial score (nSPS) is 12.0. The molecule has 0 radical (unpaired) electrons. The second-order valence-electron chi connectivity index (χ2n) is 12.1. The van der Waals surface area contributed by atoms with Crippen molar-refractivity contribution in [2.24, 2.45) is 0 Å². The molecular formula is C43H26N2O. The van der Waals surface area contributed by atoms with Crippen molar-refractivity contribution in [1.29, 1.82) is 0 Å².